The molecule has 1 aromatic rings. The molecule has 0 unspecified atom stereocenters. The average molecular weight is 246 g/mol. The summed E-state index contributed by atoms with van der Waals surface area (Å²) in [5.41, 5.74) is 8.71. The summed E-state index contributed by atoms with van der Waals surface area (Å²) >= 11 is 0. The van der Waals surface area contributed by atoms with Crippen LogP contribution in [-0.2, 0) is 0 Å². The van der Waals surface area contributed by atoms with Gasteiger partial charge >= 0.3 is 0 Å². The molecule has 1 saturated heterocycles. The predicted molar refractivity (Wildman–Crippen MR) is 75.1 cm³/mol. The fraction of sp³-hybridized carbons (Fsp3) is 0.600. The van der Waals surface area contributed by atoms with Gasteiger partial charge in [0.15, 0.2) is 0 Å². The Morgan fingerprint density at radius 3 is 2.50 bits per heavy atom. The van der Waals surface area contributed by atoms with Crippen LogP contribution in [0.3, 0.4) is 0 Å². The molecule has 3 nitrogen and oxygen atoms in total. The molecule has 3 rings (SSSR count). The molecule has 1 heterocycles. The van der Waals surface area contributed by atoms with Crippen molar-refractivity contribution in [2.45, 2.75) is 32.1 Å². The minimum atomic E-state index is 0.602. The van der Waals surface area contributed by atoms with Crippen LogP contribution in [0.15, 0.2) is 18.2 Å². The number of benzene rings is 1. The van der Waals surface area contributed by atoms with Crippen LogP contribution in [0.1, 0.15) is 32.1 Å². The minimum Gasteiger partial charge on any atom is -0.497 e. The average Bonchev–Trinajstić information content (AvgIpc) is 2.37. The van der Waals surface area contributed by atoms with E-state index < -0.39 is 0 Å². The van der Waals surface area contributed by atoms with Crippen LogP contribution >= 0.6 is 0 Å². The highest BCUT2D eigenvalue weighted by Crippen LogP contribution is 2.46. The first kappa shape index (κ1) is 11.7. The van der Waals surface area contributed by atoms with Crippen molar-refractivity contribution in [3.8, 4) is 5.75 Å². The largest absolute Gasteiger partial charge is 0.497 e. The van der Waals surface area contributed by atoms with Gasteiger partial charge in [-0.1, -0.05) is 19.3 Å². The Hall–Kier alpha value is -1.38. The van der Waals surface area contributed by atoms with Crippen molar-refractivity contribution >= 4 is 11.4 Å². The second-order valence-electron chi connectivity index (χ2n) is 5.84. The zero-order valence-electron chi connectivity index (χ0n) is 11.1. The lowest BCUT2D eigenvalue weighted by Crippen LogP contribution is -2.57. The van der Waals surface area contributed by atoms with E-state index in [1.807, 2.05) is 12.1 Å². The number of rotatable bonds is 2. The Bertz CT molecular complexity index is 430. The van der Waals surface area contributed by atoms with Crippen LogP contribution in [0.5, 0.6) is 5.75 Å². The smallest absolute Gasteiger partial charge is 0.121 e. The molecule has 1 spiro atoms. The third-order valence-electron chi connectivity index (χ3n) is 4.54. The SMILES string of the molecule is COc1ccc(N2CC3(CCCCC3)C2)c(N)c1. The summed E-state index contributed by atoms with van der Waals surface area (Å²) in [6.45, 7) is 2.37. The summed E-state index contributed by atoms with van der Waals surface area (Å²) in [4.78, 5) is 2.42. The molecule has 98 valence electrons. The highest BCUT2D eigenvalue weighted by atomic mass is 16.5. The quantitative estimate of drug-likeness (QED) is 0.815. The Kier molecular flexibility index (Phi) is 2.84. The number of nitrogens with zero attached hydrogens (tertiary/aromatic N) is 1. The van der Waals surface area contributed by atoms with Crippen molar-refractivity contribution in [3.63, 3.8) is 0 Å². The molecule has 1 saturated carbocycles. The van der Waals surface area contributed by atoms with Crippen molar-refractivity contribution in [1.29, 1.82) is 0 Å². The molecular formula is C15H22N2O. The zero-order valence-corrected chi connectivity index (χ0v) is 11.1. The van der Waals surface area contributed by atoms with Gasteiger partial charge in [0.25, 0.3) is 0 Å². The van der Waals surface area contributed by atoms with Crippen molar-refractivity contribution in [2.75, 3.05) is 30.8 Å². The predicted octanol–water partition coefficient (Wildman–Crippen LogP) is 3.05. The summed E-state index contributed by atoms with van der Waals surface area (Å²) in [5.74, 6) is 0.837. The molecule has 0 aromatic heterocycles. The van der Waals surface area contributed by atoms with Crippen molar-refractivity contribution in [2.24, 2.45) is 5.41 Å². The van der Waals surface area contributed by atoms with E-state index in [-0.39, 0.29) is 0 Å². The molecule has 18 heavy (non-hydrogen) atoms. The van der Waals surface area contributed by atoms with Gasteiger partial charge in [-0.3, -0.25) is 0 Å². The maximum atomic E-state index is 6.10. The normalized spacial score (nSPS) is 21.7. The van der Waals surface area contributed by atoms with Gasteiger partial charge in [-0.25, -0.2) is 0 Å². The summed E-state index contributed by atoms with van der Waals surface area (Å²) in [6, 6.07) is 6.00. The van der Waals surface area contributed by atoms with Gasteiger partial charge in [0.05, 0.1) is 18.5 Å². The number of hydrogen-bond donors (Lipinski definition) is 1. The summed E-state index contributed by atoms with van der Waals surface area (Å²) in [7, 11) is 1.68. The first-order valence-electron chi connectivity index (χ1n) is 6.91. The highest BCUT2D eigenvalue weighted by Gasteiger charge is 2.43. The van der Waals surface area contributed by atoms with Gasteiger partial charge in [0.1, 0.15) is 5.75 Å². The molecular weight excluding hydrogens is 224 g/mol. The Balaban J connectivity index is 1.70. The molecule has 1 aliphatic heterocycles. The van der Waals surface area contributed by atoms with Crippen LogP contribution in [-0.4, -0.2) is 20.2 Å². The molecule has 0 bridgehead atoms. The van der Waals surface area contributed by atoms with E-state index in [1.54, 1.807) is 7.11 Å². The number of nitrogen functional groups attached to an aromatic ring is 1. The maximum Gasteiger partial charge on any atom is 0.121 e. The number of methoxy groups -OCH3 is 1. The Labute approximate surface area is 109 Å². The molecule has 0 radical (unpaired) electrons. The maximum absolute atomic E-state index is 6.10. The van der Waals surface area contributed by atoms with Crippen LogP contribution in [0.25, 0.3) is 0 Å². The zero-order chi connectivity index (χ0) is 12.6. The molecule has 1 aliphatic carbocycles. The molecule has 2 aliphatic rings. The molecule has 0 atom stereocenters. The van der Waals surface area contributed by atoms with E-state index in [0.29, 0.717) is 5.41 Å². The van der Waals surface area contributed by atoms with Crippen LogP contribution in [0, 0.1) is 5.41 Å². The number of anilines is 2. The van der Waals surface area contributed by atoms with Crippen LogP contribution in [0.4, 0.5) is 11.4 Å². The van der Waals surface area contributed by atoms with E-state index in [9.17, 15) is 0 Å². The second-order valence-corrected chi connectivity index (χ2v) is 5.84. The van der Waals surface area contributed by atoms with E-state index in [2.05, 4.69) is 11.0 Å². The van der Waals surface area contributed by atoms with Crippen molar-refractivity contribution in [1.82, 2.24) is 0 Å². The molecule has 2 fully saturated rings. The fourth-order valence-corrected chi connectivity index (χ4v) is 3.50. The first-order valence-corrected chi connectivity index (χ1v) is 6.91. The van der Waals surface area contributed by atoms with Gasteiger partial charge in [-0.05, 0) is 25.0 Å². The molecule has 1 aromatic carbocycles. The topological polar surface area (TPSA) is 38.5 Å². The minimum absolute atomic E-state index is 0.602. The van der Waals surface area contributed by atoms with Gasteiger partial charge in [0.2, 0.25) is 0 Å². The lowest BCUT2D eigenvalue weighted by Gasteiger charge is -2.53. The van der Waals surface area contributed by atoms with Gasteiger partial charge in [0, 0.05) is 24.6 Å². The third-order valence-corrected chi connectivity index (χ3v) is 4.54. The summed E-state index contributed by atoms with van der Waals surface area (Å²) < 4.78 is 5.19. The van der Waals surface area contributed by atoms with Gasteiger partial charge < -0.3 is 15.4 Å². The molecule has 0 amide bonds. The third kappa shape index (κ3) is 1.92. The molecule has 3 heteroatoms. The summed E-state index contributed by atoms with van der Waals surface area (Å²) in [6.07, 6.45) is 7.05. The van der Waals surface area contributed by atoms with Gasteiger partial charge in [-0.15, -0.1) is 0 Å². The lowest BCUT2D eigenvalue weighted by molar-refractivity contribution is 0.139. The van der Waals surface area contributed by atoms with E-state index in [4.69, 9.17) is 10.5 Å². The first-order chi connectivity index (χ1) is 8.72. The molecule has 2 N–H and O–H groups in total. The number of nitrogens with two attached hydrogens (primary N) is 1. The lowest BCUT2D eigenvalue weighted by atomic mass is 9.68. The highest BCUT2D eigenvalue weighted by molar-refractivity contribution is 5.70. The van der Waals surface area contributed by atoms with Crippen molar-refractivity contribution < 1.29 is 4.74 Å². The van der Waals surface area contributed by atoms with Crippen molar-refractivity contribution in [3.05, 3.63) is 18.2 Å². The summed E-state index contributed by atoms with van der Waals surface area (Å²) in [5, 5.41) is 0. The van der Waals surface area contributed by atoms with E-state index >= 15 is 0 Å². The fourth-order valence-electron chi connectivity index (χ4n) is 3.50. The second kappa shape index (κ2) is 4.38. The van der Waals surface area contributed by atoms with Crippen LogP contribution in [0.2, 0.25) is 0 Å². The van der Waals surface area contributed by atoms with E-state index in [1.165, 1.54) is 50.9 Å². The number of ether oxygens (including phenoxy) is 1. The van der Waals surface area contributed by atoms with E-state index in [0.717, 1.165) is 11.4 Å². The Morgan fingerprint density at radius 2 is 1.89 bits per heavy atom. The van der Waals surface area contributed by atoms with Gasteiger partial charge in [-0.2, -0.15) is 0 Å². The van der Waals surface area contributed by atoms with Crippen LogP contribution < -0.4 is 15.4 Å². The number of hydrogen-bond acceptors (Lipinski definition) is 3. The Morgan fingerprint density at radius 1 is 1.17 bits per heavy atom. The monoisotopic (exact) mass is 246 g/mol. The standard InChI is InChI=1S/C15H22N2O/c1-18-12-5-6-14(13(16)9-12)17-10-15(11-17)7-3-2-4-8-15/h5-6,9H,2-4,7-8,10-11,16H2,1H3.